The lowest BCUT2D eigenvalue weighted by atomic mass is 9.91. The highest BCUT2D eigenvalue weighted by Crippen LogP contribution is 2.38. The second-order valence-corrected chi connectivity index (χ2v) is 6.60. The molecule has 2 rings (SSSR count). The molecule has 1 heterocycles. The largest absolute Gasteiger partial charge is 0.481 e. The molecule has 0 radical (unpaired) electrons. The van der Waals surface area contributed by atoms with Crippen molar-refractivity contribution in [3.63, 3.8) is 0 Å². The highest BCUT2D eigenvalue weighted by atomic mass is 16.4. The highest BCUT2D eigenvalue weighted by Gasteiger charge is 2.44. The van der Waals surface area contributed by atoms with Crippen LogP contribution in [-0.4, -0.2) is 34.5 Å². The molecule has 2 unspecified atom stereocenters. The maximum atomic E-state index is 12.8. The van der Waals surface area contributed by atoms with E-state index in [0.717, 1.165) is 38.6 Å². The fraction of sp³-hybridized carbons (Fsp3) is 0.875. The Balaban J connectivity index is 2.09. The monoisotopic (exact) mass is 281 g/mol. The fourth-order valence-corrected chi connectivity index (χ4v) is 3.97. The Hall–Kier alpha value is -1.06. The number of hydrogen-bond donors (Lipinski definition) is 1. The lowest BCUT2D eigenvalue weighted by Gasteiger charge is -2.38. The second kappa shape index (κ2) is 6.59. The third-order valence-electron chi connectivity index (χ3n) is 4.96. The summed E-state index contributed by atoms with van der Waals surface area (Å²) in [6.45, 7) is 5.03. The molecule has 4 heteroatoms. The molecule has 20 heavy (non-hydrogen) atoms. The van der Waals surface area contributed by atoms with Crippen molar-refractivity contribution in [2.45, 2.75) is 64.8 Å². The van der Waals surface area contributed by atoms with Gasteiger partial charge in [-0.05, 0) is 44.4 Å². The SMILES string of the molecule is CCCC1CCCCN1C(=O)[C@H]1CC(C)C[C@H]1C(=O)O. The number of likely N-dealkylation sites (tertiary alicyclic amines) is 1. The van der Waals surface area contributed by atoms with Crippen LogP contribution in [0.4, 0.5) is 0 Å². The van der Waals surface area contributed by atoms with Gasteiger partial charge in [0.15, 0.2) is 0 Å². The molecule has 114 valence electrons. The molecular formula is C16H27NO3. The van der Waals surface area contributed by atoms with Crippen LogP contribution >= 0.6 is 0 Å². The predicted molar refractivity (Wildman–Crippen MR) is 77.3 cm³/mol. The Kier molecular flexibility index (Phi) is 5.06. The Labute approximate surface area is 121 Å². The third-order valence-corrected chi connectivity index (χ3v) is 4.96. The molecule has 1 aliphatic carbocycles. The highest BCUT2D eigenvalue weighted by molar-refractivity contribution is 5.85. The van der Waals surface area contributed by atoms with E-state index in [9.17, 15) is 14.7 Å². The van der Waals surface area contributed by atoms with Crippen molar-refractivity contribution >= 4 is 11.9 Å². The molecule has 0 aromatic heterocycles. The molecule has 4 nitrogen and oxygen atoms in total. The van der Waals surface area contributed by atoms with Crippen LogP contribution in [0.1, 0.15) is 58.8 Å². The molecule has 2 aliphatic rings. The minimum atomic E-state index is -0.795. The van der Waals surface area contributed by atoms with E-state index in [-0.39, 0.29) is 11.8 Å². The Morgan fingerprint density at radius 2 is 1.90 bits per heavy atom. The first kappa shape index (κ1) is 15.3. The molecule has 0 aromatic rings. The van der Waals surface area contributed by atoms with Gasteiger partial charge in [0.05, 0.1) is 11.8 Å². The standard InChI is InChI=1S/C16H27NO3/c1-3-6-12-7-4-5-8-17(12)15(18)13-9-11(2)10-14(13)16(19)20/h11-14H,3-10H2,1-2H3,(H,19,20)/t11?,12?,13-,14+/m0/s1. The summed E-state index contributed by atoms with van der Waals surface area (Å²) in [7, 11) is 0. The topological polar surface area (TPSA) is 57.6 Å². The molecule has 1 amide bonds. The Morgan fingerprint density at radius 3 is 2.55 bits per heavy atom. The number of carbonyl (C=O) groups is 2. The Bertz CT molecular complexity index is 367. The molecule has 1 saturated heterocycles. The number of rotatable bonds is 4. The first-order valence-electron chi connectivity index (χ1n) is 8.07. The van der Waals surface area contributed by atoms with Gasteiger partial charge in [0.1, 0.15) is 0 Å². The molecule has 0 spiro atoms. The second-order valence-electron chi connectivity index (χ2n) is 6.60. The van der Waals surface area contributed by atoms with Gasteiger partial charge in [0, 0.05) is 12.6 Å². The maximum absolute atomic E-state index is 12.8. The van der Waals surface area contributed by atoms with Crippen LogP contribution in [0.15, 0.2) is 0 Å². The van der Waals surface area contributed by atoms with Gasteiger partial charge in [-0.15, -0.1) is 0 Å². The summed E-state index contributed by atoms with van der Waals surface area (Å²) in [4.78, 5) is 26.2. The summed E-state index contributed by atoms with van der Waals surface area (Å²) in [6, 6.07) is 0.339. The van der Waals surface area contributed by atoms with E-state index in [4.69, 9.17) is 0 Å². The molecule has 1 aliphatic heterocycles. The first-order valence-corrected chi connectivity index (χ1v) is 8.07. The number of carboxylic acids is 1. The predicted octanol–water partition coefficient (Wildman–Crippen LogP) is 2.91. The lowest BCUT2D eigenvalue weighted by molar-refractivity contribution is -0.150. The number of carboxylic acid groups (broad SMARTS) is 1. The summed E-state index contributed by atoms with van der Waals surface area (Å²) >= 11 is 0. The van der Waals surface area contributed by atoms with Gasteiger partial charge in [0.2, 0.25) is 5.91 Å². The van der Waals surface area contributed by atoms with E-state index in [2.05, 4.69) is 13.8 Å². The zero-order valence-corrected chi connectivity index (χ0v) is 12.7. The minimum absolute atomic E-state index is 0.111. The average molecular weight is 281 g/mol. The van der Waals surface area contributed by atoms with Crippen LogP contribution in [0.25, 0.3) is 0 Å². The smallest absolute Gasteiger partial charge is 0.307 e. The van der Waals surface area contributed by atoms with Crippen LogP contribution in [0, 0.1) is 17.8 Å². The molecule has 1 N–H and O–H groups in total. The quantitative estimate of drug-likeness (QED) is 0.862. The normalized spacial score (nSPS) is 34.2. The number of hydrogen-bond acceptors (Lipinski definition) is 2. The van der Waals surface area contributed by atoms with Gasteiger partial charge in [-0.3, -0.25) is 9.59 Å². The van der Waals surface area contributed by atoms with Crippen molar-refractivity contribution in [3.8, 4) is 0 Å². The maximum Gasteiger partial charge on any atom is 0.307 e. The van der Waals surface area contributed by atoms with Gasteiger partial charge < -0.3 is 10.0 Å². The number of nitrogens with zero attached hydrogens (tertiary/aromatic N) is 1. The van der Waals surface area contributed by atoms with Crippen molar-refractivity contribution in [2.75, 3.05) is 6.54 Å². The number of amides is 1. The van der Waals surface area contributed by atoms with Crippen LogP contribution in [0.5, 0.6) is 0 Å². The summed E-state index contributed by atoms with van der Waals surface area (Å²) in [5.41, 5.74) is 0. The first-order chi connectivity index (χ1) is 9.54. The van der Waals surface area contributed by atoms with Gasteiger partial charge in [0.25, 0.3) is 0 Å². The van der Waals surface area contributed by atoms with Gasteiger partial charge in [-0.1, -0.05) is 20.3 Å². The van der Waals surface area contributed by atoms with E-state index >= 15 is 0 Å². The summed E-state index contributed by atoms with van der Waals surface area (Å²) < 4.78 is 0. The van der Waals surface area contributed by atoms with E-state index in [0.29, 0.717) is 18.4 Å². The molecule has 1 saturated carbocycles. The minimum Gasteiger partial charge on any atom is -0.481 e. The summed E-state index contributed by atoms with van der Waals surface area (Å²) in [5.74, 6) is -1.10. The van der Waals surface area contributed by atoms with E-state index < -0.39 is 11.9 Å². The van der Waals surface area contributed by atoms with Crippen LogP contribution in [-0.2, 0) is 9.59 Å². The third kappa shape index (κ3) is 3.15. The van der Waals surface area contributed by atoms with Crippen molar-refractivity contribution in [1.82, 2.24) is 4.90 Å². The van der Waals surface area contributed by atoms with E-state index in [1.165, 1.54) is 6.42 Å². The molecular weight excluding hydrogens is 254 g/mol. The van der Waals surface area contributed by atoms with Crippen molar-refractivity contribution < 1.29 is 14.7 Å². The summed E-state index contributed by atoms with van der Waals surface area (Å²) in [5, 5.41) is 9.35. The average Bonchev–Trinajstić information content (AvgIpc) is 2.81. The van der Waals surface area contributed by atoms with Crippen molar-refractivity contribution in [1.29, 1.82) is 0 Å². The van der Waals surface area contributed by atoms with Crippen LogP contribution in [0.3, 0.4) is 0 Å². The fourth-order valence-electron chi connectivity index (χ4n) is 3.97. The van der Waals surface area contributed by atoms with Crippen molar-refractivity contribution in [2.24, 2.45) is 17.8 Å². The lowest BCUT2D eigenvalue weighted by Crippen LogP contribution is -2.47. The zero-order valence-electron chi connectivity index (χ0n) is 12.7. The number of aliphatic carboxylic acids is 1. The van der Waals surface area contributed by atoms with Crippen molar-refractivity contribution in [3.05, 3.63) is 0 Å². The molecule has 2 fully saturated rings. The van der Waals surface area contributed by atoms with E-state index in [1.807, 2.05) is 4.90 Å². The van der Waals surface area contributed by atoms with Crippen LogP contribution in [0.2, 0.25) is 0 Å². The van der Waals surface area contributed by atoms with Crippen LogP contribution < -0.4 is 0 Å². The molecule has 4 atom stereocenters. The van der Waals surface area contributed by atoms with Gasteiger partial charge in [-0.25, -0.2) is 0 Å². The van der Waals surface area contributed by atoms with E-state index in [1.54, 1.807) is 0 Å². The Morgan fingerprint density at radius 1 is 1.20 bits per heavy atom. The zero-order chi connectivity index (χ0) is 14.7. The van der Waals surface area contributed by atoms with Gasteiger partial charge >= 0.3 is 5.97 Å². The van der Waals surface area contributed by atoms with Gasteiger partial charge in [-0.2, -0.15) is 0 Å². The molecule has 0 bridgehead atoms. The number of carbonyl (C=O) groups excluding carboxylic acids is 1. The summed E-state index contributed by atoms with van der Waals surface area (Å²) in [6.07, 6.45) is 6.86. The number of piperidine rings is 1. The molecule has 0 aromatic carbocycles.